The van der Waals surface area contributed by atoms with Gasteiger partial charge in [-0.05, 0) is 39.3 Å². The van der Waals surface area contributed by atoms with Crippen LogP contribution in [0.3, 0.4) is 0 Å². The molecule has 0 aromatic carbocycles. The zero-order chi connectivity index (χ0) is 10.9. The monoisotopic (exact) mass is 211 g/mol. The maximum atomic E-state index is 2.70. The second-order valence-corrected chi connectivity index (χ2v) is 5.15. The van der Waals surface area contributed by atoms with Gasteiger partial charge in [-0.1, -0.05) is 45.4 Å². The van der Waals surface area contributed by atoms with E-state index < -0.39 is 0 Å². The van der Waals surface area contributed by atoms with E-state index in [2.05, 4.69) is 18.7 Å². The van der Waals surface area contributed by atoms with Crippen molar-refractivity contribution in [2.24, 2.45) is 0 Å². The van der Waals surface area contributed by atoms with E-state index in [9.17, 15) is 0 Å². The quantitative estimate of drug-likeness (QED) is 0.570. The van der Waals surface area contributed by atoms with Crippen LogP contribution in [0, 0.1) is 0 Å². The van der Waals surface area contributed by atoms with Crippen LogP contribution in [0.5, 0.6) is 0 Å². The number of piperidine rings is 1. The van der Waals surface area contributed by atoms with Gasteiger partial charge in [0, 0.05) is 6.04 Å². The van der Waals surface area contributed by atoms with Gasteiger partial charge in [-0.2, -0.15) is 0 Å². The zero-order valence-electron chi connectivity index (χ0n) is 10.8. The van der Waals surface area contributed by atoms with Crippen molar-refractivity contribution in [2.75, 3.05) is 13.1 Å². The first kappa shape index (κ1) is 13.0. The fourth-order valence-electron chi connectivity index (χ4n) is 2.59. The summed E-state index contributed by atoms with van der Waals surface area (Å²) in [7, 11) is 0. The van der Waals surface area contributed by atoms with Crippen molar-refractivity contribution >= 4 is 0 Å². The molecule has 1 unspecified atom stereocenters. The third kappa shape index (κ3) is 5.55. The van der Waals surface area contributed by atoms with Crippen molar-refractivity contribution in [3.63, 3.8) is 0 Å². The van der Waals surface area contributed by atoms with Crippen molar-refractivity contribution in [1.29, 1.82) is 0 Å². The number of likely N-dealkylation sites (tertiary alicyclic amines) is 1. The molecule has 0 aromatic rings. The summed E-state index contributed by atoms with van der Waals surface area (Å²) in [5.74, 6) is 0. The van der Waals surface area contributed by atoms with Crippen LogP contribution < -0.4 is 0 Å². The molecule has 1 aliphatic rings. The van der Waals surface area contributed by atoms with E-state index in [0.717, 1.165) is 6.04 Å². The number of unbranched alkanes of at least 4 members (excludes halogenated alkanes) is 4. The lowest BCUT2D eigenvalue weighted by atomic mass is 10.0. The van der Waals surface area contributed by atoms with Crippen LogP contribution in [0.25, 0.3) is 0 Å². The van der Waals surface area contributed by atoms with Gasteiger partial charge in [-0.3, -0.25) is 0 Å². The molecule has 1 heterocycles. The Bertz CT molecular complexity index is 138. The van der Waals surface area contributed by atoms with Crippen molar-refractivity contribution in [1.82, 2.24) is 4.90 Å². The van der Waals surface area contributed by atoms with Gasteiger partial charge in [0.25, 0.3) is 0 Å². The third-order valence-corrected chi connectivity index (χ3v) is 3.74. The number of hydrogen-bond donors (Lipinski definition) is 0. The Morgan fingerprint density at radius 2 is 1.60 bits per heavy atom. The van der Waals surface area contributed by atoms with Crippen molar-refractivity contribution < 1.29 is 0 Å². The minimum Gasteiger partial charge on any atom is -0.301 e. The molecule has 0 spiro atoms. The molecule has 0 aliphatic carbocycles. The molecule has 1 saturated heterocycles. The van der Waals surface area contributed by atoms with E-state index in [0.29, 0.717) is 0 Å². The molecule has 1 atom stereocenters. The van der Waals surface area contributed by atoms with Crippen molar-refractivity contribution in [3.05, 3.63) is 0 Å². The smallest absolute Gasteiger partial charge is 0.00669 e. The fourth-order valence-corrected chi connectivity index (χ4v) is 2.59. The molecule has 0 N–H and O–H groups in total. The van der Waals surface area contributed by atoms with Crippen molar-refractivity contribution in [2.45, 2.75) is 77.7 Å². The summed E-state index contributed by atoms with van der Waals surface area (Å²) in [6, 6.07) is 0.840. The highest BCUT2D eigenvalue weighted by Crippen LogP contribution is 2.16. The lowest BCUT2D eigenvalue weighted by Gasteiger charge is -2.32. The summed E-state index contributed by atoms with van der Waals surface area (Å²) in [5, 5.41) is 0. The average Bonchev–Trinajstić information content (AvgIpc) is 2.30. The van der Waals surface area contributed by atoms with E-state index in [1.54, 1.807) is 0 Å². The Morgan fingerprint density at radius 3 is 2.27 bits per heavy atom. The average molecular weight is 211 g/mol. The minimum absolute atomic E-state index is 0.840. The van der Waals surface area contributed by atoms with E-state index in [1.807, 2.05) is 0 Å². The van der Waals surface area contributed by atoms with Gasteiger partial charge in [0.05, 0.1) is 0 Å². The molecule has 15 heavy (non-hydrogen) atoms. The second-order valence-electron chi connectivity index (χ2n) is 5.15. The van der Waals surface area contributed by atoms with Gasteiger partial charge >= 0.3 is 0 Å². The summed E-state index contributed by atoms with van der Waals surface area (Å²) >= 11 is 0. The first-order valence-electron chi connectivity index (χ1n) is 7.08. The van der Waals surface area contributed by atoms with Gasteiger partial charge in [0.1, 0.15) is 0 Å². The third-order valence-electron chi connectivity index (χ3n) is 3.74. The standard InChI is InChI=1S/C14H29N/c1-3-4-5-6-8-11-14(2)15-12-9-7-10-13-15/h14H,3-13H2,1-2H3. The normalized spacial score (nSPS) is 20.4. The predicted octanol–water partition coefficient (Wildman–Crippen LogP) is 4.22. The molecular weight excluding hydrogens is 182 g/mol. The molecule has 0 aromatic heterocycles. The van der Waals surface area contributed by atoms with Crippen LogP contribution in [0.4, 0.5) is 0 Å². The van der Waals surface area contributed by atoms with Crippen LogP contribution in [-0.4, -0.2) is 24.0 Å². The molecule has 0 bridgehead atoms. The van der Waals surface area contributed by atoms with E-state index >= 15 is 0 Å². The lowest BCUT2D eigenvalue weighted by Crippen LogP contribution is -2.37. The highest BCUT2D eigenvalue weighted by Gasteiger charge is 2.15. The fraction of sp³-hybridized carbons (Fsp3) is 1.00. The maximum absolute atomic E-state index is 2.70. The van der Waals surface area contributed by atoms with Crippen LogP contribution in [0.2, 0.25) is 0 Å². The molecule has 1 heteroatoms. The molecule has 1 fully saturated rings. The first-order chi connectivity index (χ1) is 7.34. The van der Waals surface area contributed by atoms with Gasteiger partial charge in [0.15, 0.2) is 0 Å². The summed E-state index contributed by atoms with van der Waals surface area (Å²) in [5.41, 5.74) is 0. The van der Waals surface area contributed by atoms with Gasteiger partial charge in [0.2, 0.25) is 0 Å². The molecule has 0 radical (unpaired) electrons. The lowest BCUT2D eigenvalue weighted by molar-refractivity contribution is 0.164. The summed E-state index contributed by atoms with van der Waals surface area (Å²) < 4.78 is 0. The number of hydrogen-bond acceptors (Lipinski definition) is 1. The Morgan fingerprint density at radius 1 is 0.933 bits per heavy atom. The topological polar surface area (TPSA) is 3.24 Å². The van der Waals surface area contributed by atoms with E-state index in [4.69, 9.17) is 0 Å². The maximum Gasteiger partial charge on any atom is 0.00669 e. The zero-order valence-corrected chi connectivity index (χ0v) is 10.8. The van der Waals surface area contributed by atoms with Crippen LogP contribution in [-0.2, 0) is 0 Å². The SMILES string of the molecule is CCCCCCCC(C)N1CCCCC1. The summed E-state index contributed by atoms with van der Waals surface area (Å²) in [6.07, 6.45) is 12.9. The van der Waals surface area contributed by atoms with Crippen molar-refractivity contribution in [3.8, 4) is 0 Å². The molecule has 0 saturated carbocycles. The number of nitrogens with zero attached hydrogens (tertiary/aromatic N) is 1. The molecular formula is C14H29N. The van der Waals surface area contributed by atoms with Crippen LogP contribution in [0.1, 0.15) is 71.6 Å². The highest BCUT2D eigenvalue weighted by atomic mass is 15.1. The Labute approximate surface area is 96.2 Å². The molecule has 1 rings (SSSR count). The predicted molar refractivity (Wildman–Crippen MR) is 68.3 cm³/mol. The van der Waals surface area contributed by atoms with E-state index in [1.165, 1.54) is 70.9 Å². The molecule has 1 aliphatic heterocycles. The van der Waals surface area contributed by atoms with Gasteiger partial charge < -0.3 is 4.90 Å². The van der Waals surface area contributed by atoms with Crippen LogP contribution in [0.15, 0.2) is 0 Å². The van der Waals surface area contributed by atoms with Gasteiger partial charge in [-0.15, -0.1) is 0 Å². The second kappa shape index (κ2) is 8.15. The Hall–Kier alpha value is -0.0400. The Balaban J connectivity index is 1.99. The van der Waals surface area contributed by atoms with Gasteiger partial charge in [-0.25, -0.2) is 0 Å². The van der Waals surface area contributed by atoms with E-state index in [-0.39, 0.29) is 0 Å². The largest absolute Gasteiger partial charge is 0.301 e. The minimum atomic E-state index is 0.840. The number of rotatable bonds is 7. The summed E-state index contributed by atoms with van der Waals surface area (Å²) in [4.78, 5) is 2.70. The van der Waals surface area contributed by atoms with Crippen LogP contribution >= 0.6 is 0 Å². The summed E-state index contributed by atoms with van der Waals surface area (Å²) in [6.45, 7) is 7.42. The Kier molecular flexibility index (Phi) is 7.08. The molecule has 90 valence electrons. The molecule has 0 amide bonds. The highest BCUT2D eigenvalue weighted by molar-refractivity contribution is 4.71. The first-order valence-corrected chi connectivity index (χ1v) is 7.08. The molecule has 1 nitrogen and oxygen atoms in total.